The molecule has 32 heavy (non-hydrogen) atoms. The Bertz CT molecular complexity index is 1160. The minimum atomic E-state index is -1.64. The van der Waals surface area contributed by atoms with E-state index in [-0.39, 0.29) is 19.1 Å². The van der Waals surface area contributed by atoms with Gasteiger partial charge in [0.25, 0.3) is 0 Å². The normalized spacial score (nSPS) is 18.9. The molecule has 0 bridgehead atoms. The first-order valence-electron chi connectivity index (χ1n) is 10.5. The number of fused-ring (bicyclic) bond motifs is 4. The highest BCUT2D eigenvalue weighted by atomic mass is 16.6. The van der Waals surface area contributed by atoms with Gasteiger partial charge in [0.05, 0.1) is 13.2 Å². The molecule has 0 saturated heterocycles. The molecule has 2 aliphatic rings. The molecule has 3 aromatic carbocycles. The third-order valence-electron chi connectivity index (χ3n) is 6.57. The van der Waals surface area contributed by atoms with Crippen molar-refractivity contribution in [2.45, 2.75) is 18.1 Å². The highest BCUT2D eigenvalue weighted by Gasteiger charge is 2.51. The maximum Gasteiger partial charge on any atom is 0.410 e. The number of rotatable bonds is 4. The molecule has 1 N–H and O–H groups in total. The minimum Gasteiger partial charge on any atom is -0.479 e. The van der Waals surface area contributed by atoms with Crippen LogP contribution in [0.1, 0.15) is 28.2 Å². The predicted octanol–water partition coefficient (Wildman–Crippen LogP) is 4.38. The largest absolute Gasteiger partial charge is 0.479 e. The fraction of sp³-hybridized carbons (Fsp3) is 0.231. The van der Waals surface area contributed by atoms with Crippen LogP contribution in [0, 0.1) is 0 Å². The number of carboxylic acids is 1. The molecule has 6 nitrogen and oxygen atoms in total. The summed E-state index contributed by atoms with van der Waals surface area (Å²) in [4.78, 5) is 26.7. The summed E-state index contributed by atoms with van der Waals surface area (Å²) in [6.45, 7) is 0.291. The molecule has 1 aliphatic heterocycles. The predicted molar refractivity (Wildman–Crippen MR) is 118 cm³/mol. The van der Waals surface area contributed by atoms with Crippen molar-refractivity contribution in [3.8, 4) is 11.1 Å². The van der Waals surface area contributed by atoms with Gasteiger partial charge in [-0.1, -0.05) is 72.8 Å². The number of aliphatic carboxylic acids is 1. The van der Waals surface area contributed by atoms with Crippen molar-refractivity contribution in [3.05, 3.63) is 95.1 Å². The minimum absolute atomic E-state index is 0.101. The fourth-order valence-electron chi connectivity index (χ4n) is 4.88. The van der Waals surface area contributed by atoms with Crippen LogP contribution >= 0.6 is 0 Å². The number of amides is 1. The Morgan fingerprint density at radius 1 is 1.00 bits per heavy atom. The maximum absolute atomic E-state index is 13.1. The lowest BCUT2D eigenvalue weighted by Gasteiger charge is -2.41. The fourth-order valence-corrected chi connectivity index (χ4v) is 4.88. The lowest BCUT2D eigenvalue weighted by Crippen LogP contribution is -2.57. The number of ether oxygens (including phenoxy) is 2. The summed E-state index contributed by atoms with van der Waals surface area (Å²) in [6.07, 6.45) is -0.699. The standard InChI is InChI=1S/C26H23NO5/c1-27(26(24(28)29)16-31-14-17-8-2-7-13-23(17)26)25(30)32-15-22-20-11-5-3-9-18(20)19-10-4-6-12-21(19)22/h2-13,22H,14-16H2,1H3,(H,28,29). The number of carbonyl (C=O) groups is 2. The Hall–Kier alpha value is -3.64. The highest BCUT2D eigenvalue weighted by molar-refractivity contribution is 5.87. The second-order valence-corrected chi connectivity index (χ2v) is 8.18. The summed E-state index contributed by atoms with van der Waals surface area (Å²) in [5.41, 5.74) is 4.13. The van der Waals surface area contributed by atoms with Crippen LogP contribution < -0.4 is 0 Å². The van der Waals surface area contributed by atoms with Gasteiger partial charge >= 0.3 is 12.1 Å². The molecule has 162 valence electrons. The number of benzene rings is 3. The van der Waals surface area contributed by atoms with Gasteiger partial charge in [-0.05, 0) is 33.4 Å². The average Bonchev–Trinajstić information content (AvgIpc) is 3.15. The Balaban J connectivity index is 1.42. The molecule has 0 spiro atoms. The summed E-state index contributed by atoms with van der Waals surface area (Å²) in [7, 11) is 1.46. The second-order valence-electron chi connectivity index (χ2n) is 8.18. The van der Waals surface area contributed by atoms with Crippen molar-refractivity contribution in [1.82, 2.24) is 4.90 Å². The monoisotopic (exact) mass is 429 g/mol. The van der Waals surface area contributed by atoms with E-state index in [4.69, 9.17) is 9.47 Å². The smallest absolute Gasteiger partial charge is 0.410 e. The van der Waals surface area contributed by atoms with Gasteiger partial charge < -0.3 is 14.6 Å². The Morgan fingerprint density at radius 2 is 1.59 bits per heavy atom. The van der Waals surface area contributed by atoms with Gasteiger partial charge in [-0.25, -0.2) is 9.59 Å². The zero-order chi connectivity index (χ0) is 22.3. The number of nitrogens with zero attached hydrogens (tertiary/aromatic N) is 1. The molecule has 0 aromatic heterocycles. The van der Waals surface area contributed by atoms with E-state index in [1.54, 1.807) is 12.1 Å². The van der Waals surface area contributed by atoms with Gasteiger partial charge in [-0.2, -0.15) is 0 Å². The molecule has 0 radical (unpaired) electrons. The molecule has 1 unspecified atom stereocenters. The third-order valence-corrected chi connectivity index (χ3v) is 6.57. The number of carbonyl (C=O) groups excluding carboxylic acids is 1. The molecule has 5 rings (SSSR count). The molecule has 1 heterocycles. The van der Waals surface area contributed by atoms with Crippen LogP contribution in [0.4, 0.5) is 4.79 Å². The summed E-state index contributed by atoms with van der Waals surface area (Å²) in [5.74, 6) is -1.25. The zero-order valence-electron chi connectivity index (χ0n) is 17.7. The van der Waals surface area contributed by atoms with E-state index in [0.717, 1.165) is 32.7 Å². The number of carboxylic acid groups (broad SMARTS) is 1. The average molecular weight is 429 g/mol. The van der Waals surface area contributed by atoms with E-state index >= 15 is 0 Å². The van der Waals surface area contributed by atoms with Crippen LogP contribution in [0.3, 0.4) is 0 Å². The molecule has 1 atom stereocenters. The van der Waals surface area contributed by atoms with E-state index in [1.807, 2.05) is 48.5 Å². The molecular weight excluding hydrogens is 406 g/mol. The number of hydrogen-bond acceptors (Lipinski definition) is 4. The van der Waals surface area contributed by atoms with Crippen molar-refractivity contribution >= 4 is 12.1 Å². The molecule has 0 fully saturated rings. The van der Waals surface area contributed by atoms with Gasteiger partial charge in [0.1, 0.15) is 6.61 Å². The molecule has 3 aromatic rings. The maximum atomic E-state index is 13.1. The van der Waals surface area contributed by atoms with Crippen molar-refractivity contribution < 1.29 is 24.2 Å². The van der Waals surface area contributed by atoms with E-state index in [2.05, 4.69) is 12.1 Å². The SMILES string of the molecule is CN(C(=O)OCC1c2ccccc2-c2ccccc21)C1(C(=O)O)COCc2ccccc21. The Morgan fingerprint density at radius 3 is 2.25 bits per heavy atom. The summed E-state index contributed by atoms with van der Waals surface area (Å²) < 4.78 is 11.3. The van der Waals surface area contributed by atoms with Gasteiger partial charge in [-0.15, -0.1) is 0 Å². The summed E-state index contributed by atoms with van der Waals surface area (Å²) in [6, 6.07) is 23.3. The lowest BCUT2D eigenvalue weighted by molar-refractivity contribution is -0.157. The van der Waals surface area contributed by atoms with Crippen LogP contribution in [-0.4, -0.2) is 42.3 Å². The quantitative estimate of drug-likeness (QED) is 0.666. The van der Waals surface area contributed by atoms with Crippen molar-refractivity contribution in [1.29, 1.82) is 0 Å². The Labute approximate surface area is 186 Å². The van der Waals surface area contributed by atoms with Crippen LogP contribution in [0.15, 0.2) is 72.8 Å². The van der Waals surface area contributed by atoms with Gasteiger partial charge in [-0.3, -0.25) is 4.90 Å². The van der Waals surface area contributed by atoms with Crippen molar-refractivity contribution in [2.75, 3.05) is 20.3 Å². The summed E-state index contributed by atoms with van der Waals surface area (Å²) in [5, 5.41) is 10.2. The van der Waals surface area contributed by atoms with Gasteiger partial charge in [0.15, 0.2) is 5.54 Å². The topological polar surface area (TPSA) is 76.1 Å². The first-order valence-corrected chi connectivity index (χ1v) is 10.5. The Kier molecular flexibility index (Phi) is 4.94. The first-order chi connectivity index (χ1) is 15.5. The molecular formula is C26H23NO5. The second kappa shape index (κ2) is 7.80. The molecule has 1 amide bonds. The highest BCUT2D eigenvalue weighted by Crippen LogP contribution is 2.44. The third kappa shape index (κ3) is 2.99. The number of hydrogen-bond donors (Lipinski definition) is 1. The van der Waals surface area contributed by atoms with Crippen LogP contribution in [-0.2, 0) is 26.4 Å². The van der Waals surface area contributed by atoms with Gasteiger partial charge in [0.2, 0.25) is 0 Å². The number of likely N-dealkylation sites (N-methyl/N-ethyl adjacent to an activating group) is 1. The molecule has 0 saturated carbocycles. The van der Waals surface area contributed by atoms with E-state index in [1.165, 1.54) is 7.05 Å². The van der Waals surface area contributed by atoms with Crippen molar-refractivity contribution in [2.24, 2.45) is 0 Å². The van der Waals surface area contributed by atoms with Crippen molar-refractivity contribution in [3.63, 3.8) is 0 Å². The van der Waals surface area contributed by atoms with Crippen LogP contribution in [0.25, 0.3) is 11.1 Å². The zero-order valence-corrected chi connectivity index (χ0v) is 17.7. The molecule has 1 aliphatic carbocycles. The van der Waals surface area contributed by atoms with E-state index < -0.39 is 17.6 Å². The first kappa shape index (κ1) is 20.3. The van der Waals surface area contributed by atoms with Gasteiger partial charge in [0, 0.05) is 13.0 Å². The lowest BCUT2D eigenvalue weighted by atomic mass is 9.84. The van der Waals surface area contributed by atoms with Crippen LogP contribution in [0.2, 0.25) is 0 Å². The van der Waals surface area contributed by atoms with Crippen LogP contribution in [0.5, 0.6) is 0 Å². The van der Waals surface area contributed by atoms with E-state index in [9.17, 15) is 14.7 Å². The summed E-state index contributed by atoms with van der Waals surface area (Å²) >= 11 is 0. The van der Waals surface area contributed by atoms with E-state index in [0.29, 0.717) is 12.2 Å². The molecule has 6 heteroatoms.